The zero-order valence-corrected chi connectivity index (χ0v) is 13.1. The van der Waals surface area contributed by atoms with Crippen molar-refractivity contribution in [3.05, 3.63) is 67.7 Å². The summed E-state index contributed by atoms with van der Waals surface area (Å²) in [7, 11) is 0. The quantitative estimate of drug-likeness (QED) is 0.272. The van der Waals surface area contributed by atoms with E-state index in [2.05, 4.69) is 74.6 Å². The largest absolute Gasteiger partial charge is 0.0885 e. The van der Waals surface area contributed by atoms with E-state index in [1.807, 2.05) is 0 Å². The van der Waals surface area contributed by atoms with Gasteiger partial charge in [0.1, 0.15) is 0 Å². The Kier molecular flexibility index (Phi) is 16.5. The maximum Gasteiger partial charge on any atom is -0.0169 e. The number of allylic oxidation sites excluding steroid dienone is 10. The summed E-state index contributed by atoms with van der Waals surface area (Å²) in [6.07, 6.45) is 31.0. The van der Waals surface area contributed by atoms with Gasteiger partial charge >= 0.3 is 0 Å². The Morgan fingerprint density at radius 3 is 1.40 bits per heavy atom. The first-order valence-electron chi connectivity index (χ1n) is 7.96. The fourth-order valence-electron chi connectivity index (χ4n) is 1.63. The normalized spacial score (nSPS) is 13.1. The first-order valence-corrected chi connectivity index (χ1v) is 7.96. The smallest absolute Gasteiger partial charge is 0.0169 e. The van der Waals surface area contributed by atoms with E-state index < -0.39 is 0 Å². The second-order valence-electron chi connectivity index (χ2n) is 4.70. The van der Waals surface area contributed by atoms with Crippen molar-refractivity contribution in [3.63, 3.8) is 0 Å². The first-order chi connectivity index (χ1) is 9.91. The van der Waals surface area contributed by atoms with Crippen LogP contribution in [-0.4, -0.2) is 0 Å². The summed E-state index contributed by atoms with van der Waals surface area (Å²) in [6, 6.07) is 0. The lowest BCUT2D eigenvalue weighted by Crippen LogP contribution is -1.67. The van der Waals surface area contributed by atoms with Crippen LogP contribution in [-0.2, 0) is 0 Å². The van der Waals surface area contributed by atoms with Crippen molar-refractivity contribution >= 4 is 0 Å². The molecule has 0 saturated heterocycles. The van der Waals surface area contributed by atoms with E-state index in [-0.39, 0.29) is 0 Å². The standard InChI is InChI=1S/C20H31/c1-3-5-7-9-11-13-15-17-19-20-18-16-14-12-10-8-6-4-2/h6,8-9,11-12,14-15,17-18,20H,1,3-5,7,10,13,16,19H2,2H3/b8-6?,11-9-,14-12?,17-15?,20-18?. The third-order valence-electron chi connectivity index (χ3n) is 2.78. The van der Waals surface area contributed by atoms with Gasteiger partial charge in [-0.25, -0.2) is 0 Å². The molecule has 0 aromatic heterocycles. The van der Waals surface area contributed by atoms with Crippen LogP contribution in [0.5, 0.6) is 0 Å². The summed E-state index contributed by atoms with van der Waals surface area (Å²) in [5, 5.41) is 0. The summed E-state index contributed by atoms with van der Waals surface area (Å²) in [5.41, 5.74) is 0. The molecule has 0 heterocycles. The van der Waals surface area contributed by atoms with Gasteiger partial charge in [-0.15, -0.1) is 0 Å². The predicted molar refractivity (Wildman–Crippen MR) is 93.7 cm³/mol. The molecule has 0 fully saturated rings. The van der Waals surface area contributed by atoms with Gasteiger partial charge in [0, 0.05) is 0 Å². The van der Waals surface area contributed by atoms with Crippen LogP contribution in [0.15, 0.2) is 60.8 Å². The average molecular weight is 271 g/mol. The molecule has 111 valence electrons. The molecule has 20 heavy (non-hydrogen) atoms. The van der Waals surface area contributed by atoms with Gasteiger partial charge in [0.2, 0.25) is 0 Å². The molecule has 0 aromatic carbocycles. The van der Waals surface area contributed by atoms with E-state index in [1.54, 1.807) is 0 Å². The average Bonchev–Trinajstić information content (AvgIpc) is 2.47. The van der Waals surface area contributed by atoms with Gasteiger partial charge < -0.3 is 0 Å². The van der Waals surface area contributed by atoms with Gasteiger partial charge in [-0.05, 0) is 44.9 Å². The van der Waals surface area contributed by atoms with E-state index >= 15 is 0 Å². The molecule has 0 nitrogen and oxygen atoms in total. The minimum absolute atomic E-state index is 1.04. The van der Waals surface area contributed by atoms with Gasteiger partial charge in [-0.2, -0.15) is 0 Å². The number of hydrogen-bond acceptors (Lipinski definition) is 0. The van der Waals surface area contributed by atoms with Crippen molar-refractivity contribution in [1.82, 2.24) is 0 Å². The molecule has 0 bridgehead atoms. The topological polar surface area (TPSA) is 0 Å². The van der Waals surface area contributed by atoms with E-state index in [4.69, 9.17) is 0 Å². The first kappa shape index (κ1) is 18.7. The summed E-state index contributed by atoms with van der Waals surface area (Å²) in [5.74, 6) is 0. The summed E-state index contributed by atoms with van der Waals surface area (Å²) in [4.78, 5) is 0. The van der Waals surface area contributed by atoms with Crippen LogP contribution in [0, 0.1) is 6.92 Å². The summed E-state index contributed by atoms with van der Waals surface area (Å²) < 4.78 is 0. The SMILES string of the molecule is [CH2]CCC/C=C\CC=CCC=CCC=CCC=CCC. The minimum atomic E-state index is 1.04. The van der Waals surface area contributed by atoms with Crippen molar-refractivity contribution < 1.29 is 0 Å². The Hall–Kier alpha value is -1.30. The second-order valence-corrected chi connectivity index (χ2v) is 4.70. The predicted octanol–water partition coefficient (Wildman–Crippen LogP) is 6.74. The monoisotopic (exact) mass is 271 g/mol. The number of unbranched alkanes of at least 4 members (excludes halogenated alkanes) is 2. The highest BCUT2D eigenvalue weighted by Gasteiger charge is 1.77. The fourth-order valence-corrected chi connectivity index (χ4v) is 1.63. The van der Waals surface area contributed by atoms with E-state index in [0.29, 0.717) is 0 Å². The molecule has 0 heteroatoms. The van der Waals surface area contributed by atoms with Crippen molar-refractivity contribution in [1.29, 1.82) is 0 Å². The lowest BCUT2D eigenvalue weighted by Gasteiger charge is -1.87. The van der Waals surface area contributed by atoms with E-state index in [0.717, 1.165) is 44.9 Å². The molecule has 0 atom stereocenters. The van der Waals surface area contributed by atoms with Crippen LogP contribution < -0.4 is 0 Å². The number of rotatable bonds is 12. The minimum Gasteiger partial charge on any atom is -0.0885 e. The maximum absolute atomic E-state index is 3.83. The molecule has 0 unspecified atom stereocenters. The van der Waals surface area contributed by atoms with Crippen LogP contribution in [0.25, 0.3) is 0 Å². The van der Waals surface area contributed by atoms with Crippen LogP contribution in [0.4, 0.5) is 0 Å². The number of hydrogen-bond donors (Lipinski definition) is 0. The molecule has 0 aliphatic heterocycles. The highest BCUT2D eigenvalue weighted by molar-refractivity contribution is 5.00. The molecule has 0 spiro atoms. The van der Waals surface area contributed by atoms with Gasteiger partial charge in [0.15, 0.2) is 0 Å². The fraction of sp³-hybridized carbons (Fsp3) is 0.450. The Morgan fingerprint density at radius 1 is 0.600 bits per heavy atom. The van der Waals surface area contributed by atoms with Gasteiger partial charge in [0.05, 0.1) is 0 Å². The molecule has 0 saturated carbocycles. The molecule has 0 rings (SSSR count). The Bertz CT molecular complexity index is 313. The zero-order valence-electron chi connectivity index (χ0n) is 13.1. The van der Waals surface area contributed by atoms with Crippen LogP contribution in [0.2, 0.25) is 0 Å². The van der Waals surface area contributed by atoms with E-state index in [1.165, 1.54) is 6.42 Å². The zero-order chi connectivity index (χ0) is 14.7. The van der Waals surface area contributed by atoms with Crippen molar-refractivity contribution in [2.75, 3.05) is 0 Å². The summed E-state index contributed by atoms with van der Waals surface area (Å²) in [6.45, 7) is 5.99. The second kappa shape index (κ2) is 17.7. The van der Waals surface area contributed by atoms with Crippen molar-refractivity contribution in [2.24, 2.45) is 0 Å². The molecule has 0 aliphatic rings. The lowest BCUT2D eigenvalue weighted by molar-refractivity contribution is 0.864. The lowest BCUT2D eigenvalue weighted by atomic mass is 10.2. The highest BCUT2D eigenvalue weighted by atomic mass is 13.8. The van der Waals surface area contributed by atoms with E-state index in [9.17, 15) is 0 Å². The Balaban J connectivity index is 3.42. The molecule has 0 amide bonds. The summed E-state index contributed by atoms with van der Waals surface area (Å²) >= 11 is 0. The van der Waals surface area contributed by atoms with Gasteiger partial charge in [0.25, 0.3) is 0 Å². The molecule has 0 aliphatic carbocycles. The van der Waals surface area contributed by atoms with Crippen molar-refractivity contribution in [2.45, 2.75) is 58.3 Å². The van der Waals surface area contributed by atoms with Gasteiger partial charge in [-0.1, -0.05) is 81.0 Å². The third kappa shape index (κ3) is 16.7. The van der Waals surface area contributed by atoms with Crippen LogP contribution in [0.3, 0.4) is 0 Å². The highest BCUT2D eigenvalue weighted by Crippen LogP contribution is 1.98. The molecule has 1 radical (unpaired) electrons. The van der Waals surface area contributed by atoms with Crippen LogP contribution in [0.1, 0.15) is 58.3 Å². The molecule has 0 aromatic rings. The molecule has 0 N–H and O–H groups in total. The molecular formula is C20H31. The Morgan fingerprint density at radius 2 is 1.00 bits per heavy atom. The van der Waals surface area contributed by atoms with Gasteiger partial charge in [-0.3, -0.25) is 0 Å². The van der Waals surface area contributed by atoms with Crippen molar-refractivity contribution in [3.8, 4) is 0 Å². The molecular weight excluding hydrogens is 240 g/mol. The Labute approximate surface area is 126 Å². The third-order valence-corrected chi connectivity index (χ3v) is 2.78. The maximum atomic E-state index is 3.83. The van der Waals surface area contributed by atoms with Crippen LogP contribution >= 0.6 is 0 Å².